The van der Waals surface area contributed by atoms with Crippen LogP contribution < -0.4 is 0 Å². The molecule has 1 rings (SSSR count). The third-order valence-electron chi connectivity index (χ3n) is 3.22. The Hall–Kier alpha value is -0.540. The second-order valence-corrected chi connectivity index (χ2v) is 7.76. The maximum Gasteiger partial charge on any atom is 0.150 e. The minimum atomic E-state index is -2.89. The van der Waals surface area contributed by atoms with E-state index in [0.717, 1.165) is 6.42 Å². The first kappa shape index (κ1) is 16.5. The molecule has 19 heavy (non-hydrogen) atoms. The van der Waals surface area contributed by atoms with Crippen LogP contribution in [0.4, 0.5) is 0 Å². The van der Waals surface area contributed by atoms with E-state index in [1.54, 1.807) is 0 Å². The molecular formula is C15H23ClO2S. The van der Waals surface area contributed by atoms with Crippen LogP contribution in [0.1, 0.15) is 30.9 Å². The molecule has 0 saturated carbocycles. The Labute approximate surface area is 122 Å². The van der Waals surface area contributed by atoms with Crippen molar-refractivity contribution in [2.45, 2.75) is 33.1 Å². The van der Waals surface area contributed by atoms with Crippen molar-refractivity contribution in [2.24, 2.45) is 5.92 Å². The van der Waals surface area contributed by atoms with E-state index in [9.17, 15) is 8.42 Å². The highest BCUT2D eigenvalue weighted by Crippen LogP contribution is 2.16. The Morgan fingerprint density at radius 2 is 1.79 bits per heavy atom. The lowest BCUT2D eigenvalue weighted by Crippen LogP contribution is -2.16. The number of aryl methyl sites for hydroxylation is 1. The summed E-state index contributed by atoms with van der Waals surface area (Å²) in [6, 6.07) is 8.34. The molecule has 0 aliphatic carbocycles. The van der Waals surface area contributed by atoms with Crippen LogP contribution >= 0.6 is 11.6 Å². The monoisotopic (exact) mass is 302 g/mol. The quantitative estimate of drug-likeness (QED) is 0.688. The molecule has 4 heteroatoms. The summed E-state index contributed by atoms with van der Waals surface area (Å²) in [6.45, 7) is 3.95. The Morgan fingerprint density at radius 3 is 2.32 bits per heavy atom. The lowest BCUT2D eigenvalue weighted by Gasteiger charge is -2.14. The molecule has 0 radical (unpaired) electrons. The van der Waals surface area contributed by atoms with Gasteiger partial charge in [-0.1, -0.05) is 36.8 Å². The molecular weight excluding hydrogens is 280 g/mol. The normalized spacial score (nSPS) is 13.4. The predicted molar refractivity (Wildman–Crippen MR) is 82.7 cm³/mol. The van der Waals surface area contributed by atoms with Crippen LogP contribution in [-0.2, 0) is 16.3 Å². The second-order valence-electron chi connectivity index (χ2n) is 5.15. The predicted octanol–water partition coefficient (Wildman–Crippen LogP) is 3.61. The van der Waals surface area contributed by atoms with Gasteiger partial charge in [-0.15, -0.1) is 11.6 Å². The van der Waals surface area contributed by atoms with Crippen molar-refractivity contribution in [3.63, 3.8) is 0 Å². The number of alkyl halides is 1. The summed E-state index contributed by atoms with van der Waals surface area (Å²) >= 11 is 5.96. The van der Waals surface area contributed by atoms with Gasteiger partial charge in [0, 0.05) is 11.6 Å². The van der Waals surface area contributed by atoms with Crippen LogP contribution in [0.25, 0.3) is 0 Å². The molecule has 0 N–H and O–H groups in total. The molecule has 1 unspecified atom stereocenters. The summed E-state index contributed by atoms with van der Waals surface area (Å²) in [5.74, 6) is 1.28. The van der Waals surface area contributed by atoms with Crippen LogP contribution in [0.15, 0.2) is 24.3 Å². The molecule has 0 saturated heterocycles. The Kier molecular flexibility index (Phi) is 6.87. The molecule has 0 bridgehead atoms. The molecule has 0 aliphatic rings. The fourth-order valence-corrected chi connectivity index (χ4v) is 3.83. The molecule has 0 heterocycles. The molecule has 108 valence electrons. The van der Waals surface area contributed by atoms with Crippen molar-refractivity contribution in [2.75, 3.05) is 17.4 Å². The van der Waals surface area contributed by atoms with Gasteiger partial charge in [-0.3, -0.25) is 0 Å². The number of sulfone groups is 1. The first-order valence-electron chi connectivity index (χ1n) is 6.78. The molecule has 1 aromatic carbocycles. The van der Waals surface area contributed by atoms with E-state index in [0.29, 0.717) is 18.7 Å². The SMILES string of the molecule is CCCS(=O)(=O)CCC(CCl)Cc1ccc(C)cc1. The summed E-state index contributed by atoms with van der Waals surface area (Å²) < 4.78 is 23.4. The summed E-state index contributed by atoms with van der Waals surface area (Å²) in [4.78, 5) is 0. The van der Waals surface area contributed by atoms with Crippen molar-refractivity contribution in [3.05, 3.63) is 35.4 Å². The average Bonchev–Trinajstić information content (AvgIpc) is 2.36. The second kappa shape index (κ2) is 7.91. The van der Waals surface area contributed by atoms with E-state index in [1.807, 2.05) is 6.92 Å². The zero-order valence-electron chi connectivity index (χ0n) is 11.7. The summed E-state index contributed by atoms with van der Waals surface area (Å²) in [7, 11) is -2.89. The minimum Gasteiger partial charge on any atom is -0.229 e. The fourth-order valence-electron chi connectivity index (χ4n) is 2.05. The molecule has 0 spiro atoms. The topological polar surface area (TPSA) is 34.1 Å². The van der Waals surface area contributed by atoms with Gasteiger partial charge >= 0.3 is 0 Å². The van der Waals surface area contributed by atoms with Gasteiger partial charge in [0.2, 0.25) is 0 Å². The first-order valence-corrected chi connectivity index (χ1v) is 9.14. The van der Waals surface area contributed by atoms with Gasteiger partial charge in [0.05, 0.1) is 5.75 Å². The lowest BCUT2D eigenvalue weighted by molar-refractivity contribution is 0.547. The highest BCUT2D eigenvalue weighted by molar-refractivity contribution is 7.91. The first-order chi connectivity index (χ1) is 8.96. The van der Waals surface area contributed by atoms with E-state index < -0.39 is 9.84 Å². The Morgan fingerprint density at radius 1 is 1.16 bits per heavy atom. The van der Waals surface area contributed by atoms with Crippen LogP contribution in [0, 0.1) is 12.8 Å². The van der Waals surface area contributed by atoms with Crippen molar-refractivity contribution in [3.8, 4) is 0 Å². The molecule has 0 aliphatic heterocycles. The van der Waals surface area contributed by atoms with Crippen molar-refractivity contribution < 1.29 is 8.42 Å². The zero-order chi connectivity index (χ0) is 14.3. The molecule has 2 nitrogen and oxygen atoms in total. The van der Waals surface area contributed by atoms with E-state index in [4.69, 9.17) is 11.6 Å². The van der Waals surface area contributed by atoms with Gasteiger partial charge in [0.25, 0.3) is 0 Å². The maximum absolute atomic E-state index is 11.7. The number of halogens is 1. The Bertz CT molecular complexity index is 465. The van der Waals surface area contributed by atoms with E-state index in [-0.39, 0.29) is 17.4 Å². The van der Waals surface area contributed by atoms with Gasteiger partial charge in [-0.05, 0) is 37.7 Å². The number of hydrogen-bond acceptors (Lipinski definition) is 2. The van der Waals surface area contributed by atoms with E-state index >= 15 is 0 Å². The average molecular weight is 303 g/mol. The van der Waals surface area contributed by atoms with E-state index in [2.05, 4.69) is 31.2 Å². The number of hydrogen-bond donors (Lipinski definition) is 0. The van der Waals surface area contributed by atoms with Gasteiger partial charge < -0.3 is 0 Å². The maximum atomic E-state index is 11.7. The smallest absolute Gasteiger partial charge is 0.150 e. The van der Waals surface area contributed by atoms with Gasteiger partial charge in [0.1, 0.15) is 9.84 Å². The summed E-state index contributed by atoms with van der Waals surface area (Å²) in [5.41, 5.74) is 2.46. The van der Waals surface area contributed by atoms with Gasteiger partial charge in [-0.2, -0.15) is 0 Å². The fraction of sp³-hybridized carbons (Fsp3) is 0.600. The third-order valence-corrected chi connectivity index (χ3v) is 5.54. The van der Waals surface area contributed by atoms with Crippen LogP contribution in [-0.4, -0.2) is 25.8 Å². The number of benzene rings is 1. The zero-order valence-corrected chi connectivity index (χ0v) is 13.3. The highest BCUT2D eigenvalue weighted by Gasteiger charge is 2.15. The number of rotatable bonds is 8. The van der Waals surface area contributed by atoms with E-state index in [1.165, 1.54) is 11.1 Å². The minimum absolute atomic E-state index is 0.232. The van der Waals surface area contributed by atoms with Crippen molar-refractivity contribution in [1.82, 2.24) is 0 Å². The van der Waals surface area contributed by atoms with Crippen LogP contribution in [0.5, 0.6) is 0 Å². The van der Waals surface area contributed by atoms with Crippen LogP contribution in [0.3, 0.4) is 0 Å². The molecule has 1 aromatic rings. The standard InChI is InChI=1S/C15H23ClO2S/c1-3-9-19(17,18)10-8-15(12-16)11-14-6-4-13(2)5-7-14/h4-7,15H,3,8-12H2,1-2H3. The summed E-state index contributed by atoms with van der Waals surface area (Å²) in [6.07, 6.45) is 2.19. The third kappa shape index (κ3) is 6.44. The molecule has 1 atom stereocenters. The lowest BCUT2D eigenvalue weighted by atomic mass is 9.98. The molecule has 0 fully saturated rings. The highest BCUT2D eigenvalue weighted by atomic mass is 35.5. The summed E-state index contributed by atoms with van der Waals surface area (Å²) in [5, 5.41) is 0. The molecule has 0 amide bonds. The van der Waals surface area contributed by atoms with Crippen LogP contribution in [0.2, 0.25) is 0 Å². The van der Waals surface area contributed by atoms with Crippen molar-refractivity contribution >= 4 is 21.4 Å². The largest absolute Gasteiger partial charge is 0.229 e. The molecule has 0 aromatic heterocycles. The van der Waals surface area contributed by atoms with Crippen molar-refractivity contribution in [1.29, 1.82) is 0 Å². The van der Waals surface area contributed by atoms with Gasteiger partial charge in [-0.25, -0.2) is 8.42 Å². The Balaban J connectivity index is 2.52. The van der Waals surface area contributed by atoms with Gasteiger partial charge in [0.15, 0.2) is 0 Å².